The number of carbonyl (C=O) groups excluding carboxylic acids is 1. The monoisotopic (exact) mass is 546 g/mol. The molecule has 0 aliphatic carbocycles. The standard InChI is InChI=1S/C22H18Cl3FN2O5S/c1-32-19-9-7-14(11-20(19)33-2)34(30,31)28(13-6-8-17(26)16(24)10-13)12-21(29)27-18-5-3-4-15(23)22(18)25/h3-11H,12H2,1-2H3,(H,27,29). The number of benzene rings is 3. The minimum atomic E-state index is -4.35. The lowest BCUT2D eigenvalue weighted by Gasteiger charge is -2.25. The van der Waals surface area contributed by atoms with Crippen molar-refractivity contribution in [3.63, 3.8) is 0 Å². The van der Waals surface area contributed by atoms with Crippen LogP contribution >= 0.6 is 34.8 Å². The summed E-state index contributed by atoms with van der Waals surface area (Å²) in [7, 11) is -1.59. The molecule has 0 atom stereocenters. The average molecular weight is 548 g/mol. The molecule has 0 saturated carbocycles. The molecule has 34 heavy (non-hydrogen) atoms. The number of halogens is 4. The van der Waals surface area contributed by atoms with Crippen LogP contribution in [-0.4, -0.2) is 35.1 Å². The SMILES string of the molecule is COc1ccc(S(=O)(=O)N(CC(=O)Nc2cccc(Cl)c2Cl)c2ccc(F)c(Cl)c2)cc1OC. The van der Waals surface area contributed by atoms with Crippen molar-refractivity contribution < 1.29 is 27.1 Å². The van der Waals surface area contributed by atoms with E-state index in [4.69, 9.17) is 44.3 Å². The lowest BCUT2D eigenvalue weighted by Crippen LogP contribution is -2.38. The maximum atomic E-state index is 13.8. The zero-order valence-electron chi connectivity index (χ0n) is 17.8. The predicted molar refractivity (Wildman–Crippen MR) is 131 cm³/mol. The maximum Gasteiger partial charge on any atom is 0.264 e. The van der Waals surface area contributed by atoms with Crippen molar-refractivity contribution in [2.75, 3.05) is 30.4 Å². The summed E-state index contributed by atoms with van der Waals surface area (Å²) >= 11 is 18.0. The Hall–Kier alpha value is -2.72. The highest BCUT2D eigenvalue weighted by Crippen LogP contribution is 2.34. The first-order chi connectivity index (χ1) is 16.1. The van der Waals surface area contributed by atoms with Crippen LogP contribution in [0.2, 0.25) is 15.1 Å². The number of anilines is 2. The molecule has 0 aliphatic rings. The van der Waals surface area contributed by atoms with Gasteiger partial charge in [-0.15, -0.1) is 0 Å². The smallest absolute Gasteiger partial charge is 0.264 e. The highest BCUT2D eigenvalue weighted by Gasteiger charge is 2.29. The second-order valence-electron chi connectivity index (χ2n) is 6.78. The van der Waals surface area contributed by atoms with Gasteiger partial charge in [0.1, 0.15) is 12.4 Å². The second kappa shape index (κ2) is 10.7. The van der Waals surface area contributed by atoms with Gasteiger partial charge in [0.05, 0.1) is 45.6 Å². The Kier molecular flexibility index (Phi) is 8.14. The van der Waals surface area contributed by atoms with E-state index in [9.17, 15) is 17.6 Å². The van der Waals surface area contributed by atoms with Crippen molar-refractivity contribution in [1.29, 1.82) is 0 Å². The third-order valence-corrected chi connectivity index (χ3v) is 7.53. The Morgan fingerprint density at radius 3 is 2.32 bits per heavy atom. The third-order valence-electron chi connectivity index (χ3n) is 4.65. The molecule has 0 aliphatic heterocycles. The van der Waals surface area contributed by atoms with Crippen LogP contribution in [0.15, 0.2) is 59.5 Å². The molecular weight excluding hydrogens is 530 g/mol. The number of rotatable bonds is 8. The third kappa shape index (κ3) is 5.50. The second-order valence-corrected chi connectivity index (χ2v) is 9.83. The minimum Gasteiger partial charge on any atom is -0.493 e. The normalized spacial score (nSPS) is 11.1. The zero-order chi connectivity index (χ0) is 25.0. The molecule has 0 heterocycles. The van der Waals surface area contributed by atoms with Crippen molar-refractivity contribution in [3.8, 4) is 11.5 Å². The molecule has 1 N–H and O–H groups in total. The number of hydrogen-bond donors (Lipinski definition) is 1. The van der Waals surface area contributed by atoms with Crippen molar-refractivity contribution in [3.05, 3.63) is 75.5 Å². The molecule has 0 fully saturated rings. The molecule has 0 spiro atoms. The number of methoxy groups -OCH3 is 2. The summed E-state index contributed by atoms with van der Waals surface area (Å²) in [6.45, 7) is -0.679. The zero-order valence-corrected chi connectivity index (χ0v) is 20.9. The number of amides is 1. The average Bonchev–Trinajstić information content (AvgIpc) is 2.81. The maximum absolute atomic E-state index is 13.8. The molecule has 180 valence electrons. The number of ether oxygens (including phenoxy) is 2. The fraction of sp³-hybridized carbons (Fsp3) is 0.136. The van der Waals surface area contributed by atoms with Gasteiger partial charge in [-0.3, -0.25) is 9.10 Å². The van der Waals surface area contributed by atoms with E-state index in [0.717, 1.165) is 16.4 Å². The molecule has 7 nitrogen and oxygen atoms in total. The summed E-state index contributed by atoms with van der Waals surface area (Å²) in [5.74, 6) is -1.00. The summed E-state index contributed by atoms with van der Waals surface area (Å²) in [4.78, 5) is 12.6. The first kappa shape index (κ1) is 25.9. The Balaban J connectivity index is 2.04. The molecule has 12 heteroatoms. The first-order valence-corrected chi connectivity index (χ1v) is 12.1. The van der Waals surface area contributed by atoms with Gasteiger partial charge in [-0.05, 0) is 42.5 Å². The summed E-state index contributed by atoms with van der Waals surface area (Å²) in [6.07, 6.45) is 0. The van der Waals surface area contributed by atoms with Crippen LogP contribution in [0, 0.1) is 5.82 Å². The predicted octanol–water partition coefficient (Wildman–Crippen LogP) is 5.64. The molecule has 1 amide bonds. The molecule has 3 aromatic carbocycles. The lowest BCUT2D eigenvalue weighted by molar-refractivity contribution is -0.114. The van der Waals surface area contributed by atoms with Crippen molar-refractivity contribution in [2.24, 2.45) is 0 Å². The van der Waals surface area contributed by atoms with Crippen LogP contribution in [0.5, 0.6) is 11.5 Å². The van der Waals surface area contributed by atoms with E-state index >= 15 is 0 Å². The van der Waals surface area contributed by atoms with E-state index in [0.29, 0.717) is 5.75 Å². The van der Waals surface area contributed by atoms with Gasteiger partial charge in [0.2, 0.25) is 5.91 Å². The van der Waals surface area contributed by atoms with Crippen LogP contribution in [0.3, 0.4) is 0 Å². The summed E-state index contributed by atoms with van der Waals surface area (Å²) in [5.41, 5.74) is 0.160. The van der Waals surface area contributed by atoms with Crippen molar-refractivity contribution in [1.82, 2.24) is 0 Å². The van der Waals surface area contributed by atoms with Gasteiger partial charge in [0, 0.05) is 6.07 Å². The molecule has 0 unspecified atom stereocenters. The molecule has 0 aromatic heterocycles. The Morgan fingerprint density at radius 1 is 0.971 bits per heavy atom. The van der Waals surface area contributed by atoms with Crippen molar-refractivity contribution in [2.45, 2.75) is 4.90 Å². The minimum absolute atomic E-state index is 0.0338. The van der Waals surface area contributed by atoms with Crippen molar-refractivity contribution >= 4 is 62.1 Å². The van der Waals surface area contributed by atoms with Crippen LogP contribution in [0.25, 0.3) is 0 Å². The van der Waals surface area contributed by atoms with E-state index in [-0.39, 0.29) is 37.1 Å². The topological polar surface area (TPSA) is 84.9 Å². The molecular formula is C22H18Cl3FN2O5S. The van der Waals surface area contributed by atoms with E-state index in [1.807, 2.05) is 0 Å². The molecule has 0 bridgehead atoms. The van der Waals surface area contributed by atoms with Gasteiger partial charge in [0.15, 0.2) is 11.5 Å². The van der Waals surface area contributed by atoms with E-state index in [1.54, 1.807) is 6.07 Å². The van der Waals surface area contributed by atoms with Gasteiger partial charge in [-0.2, -0.15) is 0 Å². The van der Waals surface area contributed by atoms with Gasteiger partial charge >= 0.3 is 0 Å². The van der Waals surface area contributed by atoms with Gasteiger partial charge in [-0.25, -0.2) is 12.8 Å². The quantitative estimate of drug-likeness (QED) is 0.395. The molecule has 0 radical (unpaired) electrons. The fourth-order valence-electron chi connectivity index (χ4n) is 2.98. The lowest BCUT2D eigenvalue weighted by atomic mass is 10.3. The van der Waals surface area contributed by atoms with Crippen LogP contribution in [-0.2, 0) is 14.8 Å². The molecule has 3 rings (SSSR count). The highest BCUT2D eigenvalue weighted by molar-refractivity contribution is 7.92. The number of sulfonamides is 1. The van der Waals surface area contributed by atoms with Crippen LogP contribution in [0.1, 0.15) is 0 Å². The Labute approximate surface area is 211 Å². The number of nitrogens with one attached hydrogen (secondary N) is 1. The van der Waals surface area contributed by atoms with E-state index < -0.39 is 28.3 Å². The van der Waals surface area contributed by atoms with Gasteiger partial charge < -0.3 is 14.8 Å². The number of nitrogens with zero attached hydrogens (tertiary/aromatic N) is 1. The molecule has 3 aromatic rings. The number of carbonyl (C=O) groups is 1. The van der Waals surface area contributed by atoms with Gasteiger partial charge in [0.25, 0.3) is 10.0 Å². The molecule has 0 saturated heterocycles. The van der Waals surface area contributed by atoms with Gasteiger partial charge in [-0.1, -0.05) is 40.9 Å². The number of hydrogen-bond acceptors (Lipinski definition) is 5. The van der Waals surface area contributed by atoms with Crippen LogP contribution < -0.4 is 19.1 Å². The van der Waals surface area contributed by atoms with Crippen LogP contribution in [0.4, 0.5) is 15.8 Å². The Morgan fingerprint density at radius 2 is 1.68 bits per heavy atom. The van der Waals surface area contributed by atoms with E-state index in [1.165, 1.54) is 50.6 Å². The largest absolute Gasteiger partial charge is 0.493 e. The fourth-order valence-corrected chi connectivity index (χ4v) is 4.93. The highest BCUT2D eigenvalue weighted by atomic mass is 35.5. The Bertz CT molecular complexity index is 1340. The van der Waals surface area contributed by atoms with E-state index in [2.05, 4.69) is 5.32 Å². The summed E-state index contributed by atoms with van der Waals surface area (Å²) in [6, 6.07) is 11.9. The summed E-state index contributed by atoms with van der Waals surface area (Å²) in [5, 5.41) is 2.51. The summed E-state index contributed by atoms with van der Waals surface area (Å²) < 4.78 is 52.0. The first-order valence-electron chi connectivity index (χ1n) is 9.52.